The summed E-state index contributed by atoms with van der Waals surface area (Å²) < 4.78 is 10.2. The normalized spacial score (nSPS) is 13.6. The van der Waals surface area contributed by atoms with E-state index in [1.165, 1.54) is 0 Å². The average molecular weight is 268 g/mol. The van der Waals surface area contributed by atoms with Crippen LogP contribution in [-0.2, 0) is 22.6 Å². The van der Waals surface area contributed by atoms with Crippen molar-refractivity contribution in [2.75, 3.05) is 0 Å². The molecule has 4 nitrogen and oxygen atoms in total. The number of benzene rings is 2. The van der Waals surface area contributed by atoms with Gasteiger partial charge in [-0.3, -0.25) is 4.79 Å². The highest BCUT2D eigenvalue weighted by Crippen LogP contribution is 2.23. The lowest BCUT2D eigenvalue weighted by Crippen LogP contribution is -2.22. The van der Waals surface area contributed by atoms with Crippen molar-refractivity contribution in [1.82, 2.24) is 0 Å². The Morgan fingerprint density at radius 2 is 1.85 bits per heavy atom. The minimum Gasteiger partial charge on any atom is -0.489 e. The molecule has 20 heavy (non-hydrogen) atoms. The number of carbonyl (C=O) groups excluding carboxylic acids is 2. The number of esters is 2. The van der Waals surface area contributed by atoms with Gasteiger partial charge in [0.2, 0.25) is 0 Å². The molecule has 0 amide bonds. The molecule has 0 bridgehead atoms. The first kappa shape index (κ1) is 12.4. The van der Waals surface area contributed by atoms with Crippen molar-refractivity contribution in [3.05, 3.63) is 65.2 Å². The highest BCUT2D eigenvalue weighted by atomic mass is 16.6. The Morgan fingerprint density at radius 3 is 2.65 bits per heavy atom. The summed E-state index contributed by atoms with van der Waals surface area (Å²) in [4.78, 5) is 22.8. The van der Waals surface area contributed by atoms with Crippen LogP contribution < -0.4 is 4.74 Å². The quantitative estimate of drug-likeness (QED) is 0.634. The highest BCUT2D eigenvalue weighted by molar-refractivity contribution is 6.02. The molecule has 0 aliphatic carbocycles. The molecule has 2 aromatic carbocycles. The lowest BCUT2D eigenvalue weighted by Gasteiger charge is -2.15. The number of ether oxygens (including phenoxy) is 2. The van der Waals surface area contributed by atoms with Crippen LogP contribution in [0.4, 0.5) is 0 Å². The smallest absolute Gasteiger partial charge is 0.346 e. The lowest BCUT2D eigenvalue weighted by atomic mass is 10.0. The summed E-state index contributed by atoms with van der Waals surface area (Å²) in [5.41, 5.74) is 2.12. The molecule has 4 heteroatoms. The van der Waals surface area contributed by atoms with Gasteiger partial charge in [-0.15, -0.1) is 0 Å². The van der Waals surface area contributed by atoms with Crippen LogP contribution in [0.2, 0.25) is 0 Å². The third-order valence-electron chi connectivity index (χ3n) is 3.09. The molecule has 2 aromatic rings. The van der Waals surface area contributed by atoms with Gasteiger partial charge < -0.3 is 9.47 Å². The maximum atomic E-state index is 11.6. The zero-order valence-electron chi connectivity index (χ0n) is 10.7. The molecule has 0 unspecified atom stereocenters. The number of cyclic esters (lactones) is 2. The van der Waals surface area contributed by atoms with Crippen molar-refractivity contribution < 1.29 is 19.1 Å². The minimum atomic E-state index is -0.610. The molecule has 0 radical (unpaired) electrons. The largest absolute Gasteiger partial charge is 0.489 e. The zero-order chi connectivity index (χ0) is 13.9. The van der Waals surface area contributed by atoms with Crippen molar-refractivity contribution in [3.8, 4) is 5.75 Å². The Kier molecular flexibility index (Phi) is 3.21. The van der Waals surface area contributed by atoms with Crippen LogP contribution in [0.15, 0.2) is 48.5 Å². The van der Waals surface area contributed by atoms with Gasteiger partial charge in [0.15, 0.2) is 0 Å². The Bertz CT molecular complexity index is 661. The zero-order valence-corrected chi connectivity index (χ0v) is 10.7. The second-order valence-corrected chi connectivity index (χ2v) is 4.53. The molecule has 100 valence electrons. The maximum absolute atomic E-state index is 11.6. The molecule has 0 atom stereocenters. The number of rotatable bonds is 3. The molecule has 1 aliphatic heterocycles. The summed E-state index contributed by atoms with van der Waals surface area (Å²) >= 11 is 0. The van der Waals surface area contributed by atoms with Gasteiger partial charge in [-0.1, -0.05) is 36.4 Å². The fraction of sp³-hybridized carbons (Fsp3) is 0.125. The summed E-state index contributed by atoms with van der Waals surface area (Å²) in [7, 11) is 0. The van der Waals surface area contributed by atoms with Gasteiger partial charge in [-0.2, -0.15) is 0 Å². The predicted octanol–water partition coefficient (Wildman–Crippen LogP) is 2.51. The molecule has 1 aliphatic rings. The molecule has 0 aromatic heterocycles. The molecule has 1 heterocycles. The van der Waals surface area contributed by atoms with E-state index in [9.17, 15) is 9.59 Å². The standard InChI is InChI=1S/C16H12O4/c17-15-8-12-6-7-13(9-14(12)16(18)20-15)19-10-11-4-2-1-3-5-11/h1-7,9H,8,10H2. The molecule has 0 spiro atoms. The number of hydrogen-bond donors (Lipinski definition) is 0. The molecule has 3 rings (SSSR count). The van der Waals surface area contributed by atoms with Crippen molar-refractivity contribution >= 4 is 11.9 Å². The van der Waals surface area contributed by atoms with E-state index >= 15 is 0 Å². The Labute approximate surface area is 115 Å². The summed E-state index contributed by atoms with van der Waals surface area (Å²) in [6, 6.07) is 14.9. The Hall–Kier alpha value is -2.62. The molecule has 0 N–H and O–H groups in total. The van der Waals surface area contributed by atoms with E-state index in [4.69, 9.17) is 4.74 Å². The van der Waals surface area contributed by atoms with Crippen LogP contribution in [0, 0.1) is 0 Å². The number of fused-ring (bicyclic) bond motifs is 1. The van der Waals surface area contributed by atoms with E-state index in [0.29, 0.717) is 23.5 Å². The van der Waals surface area contributed by atoms with E-state index in [0.717, 1.165) is 5.56 Å². The second kappa shape index (κ2) is 5.17. The third kappa shape index (κ3) is 2.54. The van der Waals surface area contributed by atoms with Crippen LogP contribution in [-0.4, -0.2) is 11.9 Å². The summed E-state index contributed by atoms with van der Waals surface area (Å²) in [5.74, 6) is -0.541. The fourth-order valence-corrected chi connectivity index (χ4v) is 2.08. The molecular formula is C16H12O4. The summed E-state index contributed by atoms with van der Waals surface area (Å²) in [6.07, 6.45) is 0.125. The van der Waals surface area contributed by atoms with Crippen LogP contribution in [0.5, 0.6) is 5.75 Å². The average Bonchev–Trinajstić information content (AvgIpc) is 2.46. The Balaban J connectivity index is 1.77. The van der Waals surface area contributed by atoms with Gasteiger partial charge in [0.25, 0.3) is 0 Å². The van der Waals surface area contributed by atoms with Gasteiger partial charge in [-0.05, 0) is 23.3 Å². The highest BCUT2D eigenvalue weighted by Gasteiger charge is 2.24. The monoisotopic (exact) mass is 268 g/mol. The van der Waals surface area contributed by atoms with Gasteiger partial charge in [-0.25, -0.2) is 4.79 Å². The van der Waals surface area contributed by atoms with Gasteiger partial charge >= 0.3 is 11.9 Å². The first-order valence-corrected chi connectivity index (χ1v) is 6.27. The van der Waals surface area contributed by atoms with Crippen LogP contribution in [0.3, 0.4) is 0 Å². The fourth-order valence-electron chi connectivity index (χ4n) is 2.08. The van der Waals surface area contributed by atoms with E-state index in [1.807, 2.05) is 30.3 Å². The molecule has 0 saturated carbocycles. The molecule has 0 fully saturated rings. The first-order valence-electron chi connectivity index (χ1n) is 6.27. The van der Waals surface area contributed by atoms with Crippen molar-refractivity contribution in [3.63, 3.8) is 0 Å². The number of carbonyl (C=O) groups is 2. The second-order valence-electron chi connectivity index (χ2n) is 4.53. The van der Waals surface area contributed by atoms with Crippen molar-refractivity contribution in [2.45, 2.75) is 13.0 Å². The lowest BCUT2D eigenvalue weighted by molar-refractivity contribution is -0.137. The summed E-state index contributed by atoms with van der Waals surface area (Å²) in [5, 5.41) is 0. The van der Waals surface area contributed by atoms with E-state index < -0.39 is 11.9 Å². The van der Waals surface area contributed by atoms with Crippen LogP contribution in [0.1, 0.15) is 21.5 Å². The van der Waals surface area contributed by atoms with E-state index in [-0.39, 0.29) is 6.42 Å². The maximum Gasteiger partial charge on any atom is 0.346 e. The summed E-state index contributed by atoms with van der Waals surface area (Å²) in [6.45, 7) is 0.424. The number of hydrogen-bond acceptors (Lipinski definition) is 4. The van der Waals surface area contributed by atoms with Crippen LogP contribution >= 0.6 is 0 Å². The van der Waals surface area contributed by atoms with Crippen LogP contribution in [0.25, 0.3) is 0 Å². The first-order chi connectivity index (χ1) is 9.72. The minimum absolute atomic E-state index is 0.125. The van der Waals surface area contributed by atoms with E-state index in [1.54, 1.807) is 18.2 Å². The third-order valence-corrected chi connectivity index (χ3v) is 3.09. The van der Waals surface area contributed by atoms with Gasteiger partial charge in [0.05, 0.1) is 12.0 Å². The molecular weight excluding hydrogens is 256 g/mol. The topological polar surface area (TPSA) is 52.6 Å². The SMILES string of the molecule is O=C1Cc2ccc(OCc3ccccc3)cc2C(=O)O1. The van der Waals surface area contributed by atoms with Crippen molar-refractivity contribution in [1.29, 1.82) is 0 Å². The van der Waals surface area contributed by atoms with Crippen molar-refractivity contribution in [2.24, 2.45) is 0 Å². The Morgan fingerprint density at radius 1 is 1.05 bits per heavy atom. The van der Waals surface area contributed by atoms with Gasteiger partial charge in [0, 0.05) is 0 Å². The predicted molar refractivity (Wildman–Crippen MR) is 71.3 cm³/mol. The van der Waals surface area contributed by atoms with Gasteiger partial charge in [0.1, 0.15) is 12.4 Å². The van der Waals surface area contributed by atoms with E-state index in [2.05, 4.69) is 4.74 Å². The molecule has 0 saturated heterocycles.